The highest BCUT2D eigenvalue weighted by Crippen LogP contribution is 2.36. The van der Waals surface area contributed by atoms with Gasteiger partial charge < -0.3 is 5.11 Å². The van der Waals surface area contributed by atoms with Crippen LogP contribution in [0.25, 0.3) is 10.8 Å². The number of fused-ring (bicyclic) bond motifs is 1. The molecular formula is C18H14N2O2. The molecule has 3 aromatic rings. The Hall–Kier alpha value is -3.01. The number of aromatic hydroxyl groups is 1. The number of carbonyl (C=O) groups is 1. The first kappa shape index (κ1) is 13.9. The van der Waals surface area contributed by atoms with Gasteiger partial charge in [0.25, 0.3) is 0 Å². The van der Waals surface area contributed by atoms with Crippen LogP contribution >= 0.6 is 0 Å². The van der Waals surface area contributed by atoms with Crippen molar-refractivity contribution >= 4 is 27.9 Å². The lowest BCUT2D eigenvalue weighted by Gasteiger charge is -2.08. The largest absolute Gasteiger partial charge is 0.507 e. The van der Waals surface area contributed by atoms with Gasteiger partial charge >= 0.3 is 0 Å². The molecule has 3 aromatic carbocycles. The zero-order valence-corrected chi connectivity index (χ0v) is 12.0. The molecule has 0 aromatic heterocycles. The molecule has 0 saturated carbocycles. The summed E-state index contributed by atoms with van der Waals surface area (Å²) in [4.78, 5) is 11.7. The van der Waals surface area contributed by atoms with Crippen molar-refractivity contribution < 1.29 is 9.90 Å². The van der Waals surface area contributed by atoms with Gasteiger partial charge in [0.2, 0.25) is 0 Å². The fourth-order valence-electron chi connectivity index (χ4n) is 2.30. The van der Waals surface area contributed by atoms with Gasteiger partial charge in [-0.05, 0) is 25.1 Å². The van der Waals surface area contributed by atoms with E-state index in [0.717, 1.165) is 11.1 Å². The van der Waals surface area contributed by atoms with E-state index < -0.39 is 0 Å². The second kappa shape index (κ2) is 5.77. The van der Waals surface area contributed by atoms with E-state index in [9.17, 15) is 9.90 Å². The Bertz CT molecular complexity index is 871. The zero-order chi connectivity index (χ0) is 15.5. The molecule has 0 saturated heterocycles. The Morgan fingerprint density at radius 3 is 2.23 bits per heavy atom. The monoisotopic (exact) mass is 290 g/mol. The van der Waals surface area contributed by atoms with Crippen LogP contribution in [0.1, 0.15) is 17.3 Å². The average molecular weight is 290 g/mol. The van der Waals surface area contributed by atoms with E-state index in [1.807, 2.05) is 48.5 Å². The number of phenols is 1. The lowest BCUT2D eigenvalue weighted by atomic mass is 10.0. The summed E-state index contributed by atoms with van der Waals surface area (Å²) in [7, 11) is 0. The molecule has 0 unspecified atom stereocenters. The van der Waals surface area contributed by atoms with Gasteiger partial charge in [-0.2, -0.15) is 5.11 Å². The summed E-state index contributed by atoms with van der Waals surface area (Å²) in [6.45, 7) is 1.42. The van der Waals surface area contributed by atoms with Gasteiger partial charge in [-0.25, -0.2) is 0 Å². The lowest BCUT2D eigenvalue weighted by molar-refractivity contribution is 0.101. The summed E-state index contributed by atoms with van der Waals surface area (Å²) in [5.74, 6) is -0.221. The van der Waals surface area contributed by atoms with Crippen molar-refractivity contribution in [3.63, 3.8) is 0 Å². The second-order valence-corrected chi connectivity index (χ2v) is 4.93. The average Bonchev–Trinajstić information content (AvgIpc) is 2.55. The number of ketones is 1. The van der Waals surface area contributed by atoms with Gasteiger partial charge in [0, 0.05) is 10.8 Å². The molecule has 0 bridgehead atoms. The van der Waals surface area contributed by atoms with E-state index in [4.69, 9.17) is 0 Å². The Morgan fingerprint density at radius 1 is 0.909 bits per heavy atom. The van der Waals surface area contributed by atoms with Crippen molar-refractivity contribution in [2.24, 2.45) is 10.2 Å². The highest BCUT2D eigenvalue weighted by Gasteiger charge is 2.14. The minimum atomic E-state index is -0.209. The molecule has 3 rings (SSSR count). The number of rotatable bonds is 3. The van der Waals surface area contributed by atoms with Crippen LogP contribution in [-0.2, 0) is 0 Å². The van der Waals surface area contributed by atoms with Gasteiger partial charge in [0.15, 0.2) is 5.78 Å². The van der Waals surface area contributed by atoms with Gasteiger partial charge in [-0.15, -0.1) is 5.11 Å². The third-order valence-corrected chi connectivity index (χ3v) is 3.40. The van der Waals surface area contributed by atoms with E-state index in [0.29, 0.717) is 11.1 Å². The number of benzene rings is 3. The van der Waals surface area contributed by atoms with Gasteiger partial charge in [-0.1, -0.05) is 42.5 Å². The molecule has 108 valence electrons. The van der Waals surface area contributed by atoms with Crippen LogP contribution in [0.15, 0.2) is 70.9 Å². The lowest BCUT2D eigenvalue weighted by Crippen LogP contribution is -1.93. The third kappa shape index (κ3) is 2.59. The Kier molecular flexibility index (Phi) is 3.66. The fourth-order valence-corrected chi connectivity index (χ4v) is 2.30. The van der Waals surface area contributed by atoms with Crippen LogP contribution in [0.3, 0.4) is 0 Å². The summed E-state index contributed by atoms with van der Waals surface area (Å²) in [5.41, 5.74) is 1.53. The number of nitrogens with zero attached hydrogens (tertiary/aromatic N) is 2. The van der Waals surface area contributed by atoms with E-state index in [1.165, 1.54) is 6.92 Å². The highest BCUT2D eigenvalue weighted by molar-refractivity contribution is 6.07. The minimum absolute atomic E-state index is 0.0123. The van der Waals surface area contributed by atoms with Gasteiger partial charge in [-0.3, -0.25) is 4.79 Å². The number of azo groups is 1. The summed E-state index contributed by atoms with van der Waals surface area (Å²) >= 11 is 0. The molecule has 0 aliphatic carbocycles. The molecule has 22 heavy (non-hydrogen) atoms. The first-order chi connectivity index (χ1) is 10.7. The van der Waals surface area contributed by atoms with Crippen LogP contribution in [0.4, 0.5) is 11.4 Å². The predicted octanol–water partition coefficient (Wildman–Crippen LogP) is 5.16. The standard InChI is InChI=1S/C18H14N2O2/c1-12(21)16-11-17(20-19-13-7-3-2-4-8-13)14-9-5-6-10-15(14)18(16)22/h2-11,22H,1H3. The molecule has 1 N–H and O–H groups in total. The summed E-state index contributed by atoms with van der Waals surface area (Å²) in [6.07, 6.45) is 0. The molecule has 0 spiro atoms. The van der Waals surface area contributed by atoms with Gasteiger partial charge in [0.05, 0.1) is 16.9 Å². The topological polar surface area (TPSA) is 62.0 Å². The normalized spacial score (nSPS) is 11.1. The quantitative estimate of drug-likeness (QED) is 0.534. The van der Waals surface area contributed by atoms with Crippen molar-refractivity contribution in [2.45, 2.75) is 6.92 Å². The van der Waals surface area contributed by atoms with Crippen molar-refractivity contribution in [3.8, 4) is 5.75 Å². The number of hydrogen-bond acceptors (Lipinski definition) is 4. The smallest absolute Gasteiger partial charge is 0.163 e. The number of phenolic OH excluding ortho intramolecular Hbond substituents is 1. The molecule has 0 heterocycles. The second-order valence-electron chi connectivity index (χ2n) is 4.93. The van der Waals surface area contributed by atoms with E-state index in [2.05, 4.69) is 10.2 Å². The van der Waals surface area contributed by atoms with Crippen molar-refractivity contribution in [3.05, 3.63) is 66.2 Å². The van der Waals surface area contributed by atoms with Gasteiger partial charge in [0.1, 0.15) is 5.75 Å². The van der Waals surface area contributed by atoms with Crippen molar-refractivity contribution in [1.82, 2.24) is 0 Å². The maximum absolute atomic E-state index is 11.7. The Morgan fingerprint density at radius 2 is 1.55 bits per heavy atom. The number of carbonyl (C=O) groups excluding carboxylic acids is 1. The highest BCUT2D eigenvalue weighted by atomic mass is 16.3. The number of hydrogen-bond donors (Lipinski definition) is 1. The van der Waals surface area contributed by atoms with Crippen molar-refractivity contribution in [2.75, 3.05) is 0 Å². The molecule has 0 radical (unpaired) electrons. The fraction of sp³-hybridized carbons (Fsp3) is 0.0556. The van der Waals surface area contributed by atoms with Crippen LogP contribution in [0.5, 0.6) is 5.75 Å². The van der Waals surface area contributed by atoms with E-state index in [-0.39, 0.29) is 17.1 Å². The Balaban J connectivity index is 2.18. The predicted molar refractivity (Wildman–Crippen MR) is 86.2 cm³/mol. The molecule has 0 aliphatic rings. The summed E-state index contributed by atoms with van der Waals surface area (Å²) in [5, 5.41) is 20.0. The molecule has 0 aliphatic heterocycles. The summed E-state index contributed by atoms with van der Waals surface area (Å²) < 4.78 is 0. The first-order valence-electron chi connectivity index (χ1n) is 6.89. The van der Waals surface area contributed by atoms with E-state index >= 15 is 0 Å². The van der Waals surface area contributed by atoms with Crippen molar-refractivity contribution in [1.29, 1.82) is 0 Å². The molecular weight excluding hydrogens is 276 g/mol. The van der Waals surface area contributed by atoms with Crippen LogP contribution in [-0.4, -0.2) is 10.9 Å². The molecule has 0 fully saturated rings. The third-order valence-electron chi connectivity index (χ3n) is 3.40. The summed E-state index contributed by atoms with van der Waals surface area (Å²) in [6, 6.07) is 18.2. The minimum Gasteiger partial charge on any atom is -0.507 e. The zero-order valence-electron chi connectivity index (χ0n) is 12.0. The van der Waals surface area contributed by atoms with E-state index in [1.54, 1.807) is 12.1 Å². The maximum Gasteiger partial charge on any atom is 0.163 e. The molecule has 4 heteroatoms. The first-order valence-corrected chi connectivity index (χ1v) is 6.89. The molecule has 0 atom stereocenters. The van der Waals surface area contributed by atoms with Crippen LogP contribution in [0.2, 0.25) is 0 Å². The maximum atomic E-state index is 11.7. The van der Waals surface area contributed by atoms with Crippen LogP contribution < -0.4 is 0 Å². The SMILES string of the molecule is CC(=O)c1cc(N=Nc2ccccc2)c2ccccc2c1O. The Labute approximate surface area is 127 Å². The molecule has 4 nitrogen and oxygen atoms in total. The molecule has 0 amide bonds. The van der Waals surface area contributed by atoms with Crippen LogP contribution in [0, 0.1) is 0 Å². The number of Topliss-reactive ketones (excluding diaryl/α,β-unsaturated/α-hetero) is 1.